The third kappa shape index (κ3) is 8.55. The molecule has 0 bridgehead atoms. The van der Waals surface area contributed by atoms with Crippen molar-refractivity contribution in [1.29, 1.82) is 0 Å². The highest BCUT2D eigenvalue weighted by Gasteiger charge is 2.23. The Labute approximate surface area is 169 Å². The van der Waals surface area contributed by atoms with Gasteiger partial charge in [0.25, 0.3) is 0 Å². The van der Waals surface area contributed by atoms with E-state index in [-0.39, 0.29) is 36.7 Å². The third-order valence-electron chi connectivity index (χ3n) is 4.67. The summed E-state index contributed by atoms with van der Waals surface area (Å²) >= 11 is 0. The van der Waals surface area contributed by atoms with Crippen molar-refractivity contribution >= 4 is 23.4 Å². The topological polar surface area (TPSA) is 78.5 Å². The van der Waals surface area contributed by atoms with Gasteiger partial charge in [0.05, 0.1) is 13.1 Å². The van der Waals surface area contributed by atoms with Crippen molar-refractivity contribution in [2.24, 2.45) is 5.92 Å². The zero-order valence-electron chi connectivity index (χ0n) is 17.7. The van der Waals surface area contributed by atoms with Crippen LogP contribution in [0.15, 0.2) is 24.3 Å². The highest BCUT2D eigenvalue weighted by Crippen LogP contribution is 2.16. The van der Waals surface area contributed by atoms with Gasteiger partial charge in [0.1, 0.15) is 0 Å². The molecule has 0 heterocycles. The van der Waals surface area contributed by atoms with Crippen molar-refractivity contribution in [2.75, 3.05) is 25.0 Å². The second-order valence-corrected chi connectivity index (χ2v) is 7.20. The molecule has 0 spiro atoms. The summed E-state index contributed by atoms with van der Waals surface area (Å²) in [7, 11) is 0. The van der Waals surface area contributed by atoms with Crippen molar-refractivity contribution in [3.8, 4) is 0 Å². The van der Waals surface area contributed by atoms with Crippen LogP contribution in [0.4, 0.5) is 5.69 Å². The van der Waals surface area contributed by atoms with Crippen LogP contribution in [0.1, 0.15) is 58.4 Å². The summed E-state index contributed by atoms with van der Waals surface area (Å²) < 4.78 is 0. The molecule has 0 saturated carbocycles. The van der Waals surface area contributed by atoms with Crippen LogP contribution in [0, 0.1) is 12.8 Å². The summed E-state index contributed by atoms with van der Waals surface area (Å²) in [5.41, 5.74) is 1.80. The molecule has 1 atom stereocenters. The molecule has 2 N–H and O–H groups in total. The highest BCUT2D eigenvalue weighted by molar-refractivity contribution is 5.95. The zero-order valence-corrected chi connectivity index (χ0v) is 17.7. The molecule has 1 rings (SSSR count). The quantitative estimate of drug-likeness (QED) is 0.574. The van der Waals surface area contributed by atoms with Crippen LogP contribution < -0.4 is 10.6 Å². The van der Waals surface area contributed by atoms with Gasteiger partial charge in [-0.05, 0) is 38.3 Å². The fourth-order valence-electron chi connectivity index (χ4n) is 3.00. The van der Waals surface area contributed by atoms with Gasteiger partial charge in [0, 0.05) is 18.2 Å². The summed E-state index contributed by atoms with van der Waals surface area (Å²) in [5.74, 6) is -0.604. The van der Waals surface area contributed by atoms with E-state index in [2.05, 4.69) is 17.6 Å². The molecule has 0 aliphatic carbocycles. The van der Waals surface area contributed by atoms with E-state index < -0.39 is 0 Å². The van der Waals surface area contributed by atoms with Crippen LogP contribution in [-0.4, -0.2) is 42.3 Å². The lowest BCUT2D eigenvalue weighted by molar-refractivity contribution is -0.140. The number of nitrogens with zero attached hydrogens (tertiary/aromatic N) is 1. The molecular weight excluding hydrogens is 354 g/mol. The number of anilines is 1. The van der Waals surface area contributed by atoms with Crippen molar-refractivity contribution in [1.82, 2.24) is 10.2 Å². The second kappa shape index (κ2) is 12.9. The first kappa shape index (κ1) is 23.7. The number of carbonyl (C=O) groups excluding carboxylic acids is 3. The van der Waals surface area contributed by atoms with Gasteiger partial charge in [-0.15, -0.1) is 0 Å². The van der Waals surface area contributed by atoms with Gasteiger partial charge in [0.2, 0.25) is 17.7 Å². The van der Waals surface area contributed by atoms with Gasteiger partial charge in [0.15, 0.2) is 0 Å². The first-order valence-electron chi connectivity index (χ1n) is 10.3. The van der Waals surface area contributed by atoms with Gasteiger partial charge >= 0.3 is 0 Å². The number of hydrogen-bond acceptors (Lipinski definition) is 3. The molecule has 6 nitrogen and oxygen atoms in total. The van der Waals surface area contributed by atoms with Crippen LogP contribution in [-0.2, 0) is 14.4 Å². The minimum atomic E-state index is -0.314. The molecule has 0 radical (unpaired) electrons. The van der Waals surface area contributed by atoms with E-state index in [4.69, 9.17) is 0 Å². The maximum Gasteiger partial charge on any atom is 0.243 e. The molecule has 6 heteroatoms. The van der Waals surface area contributed by atoms with E-state index in [1.54, 1.807) is 4.90 Å². The summed E-state index contributed by atoms with van der Waals surface area (Å²) in [4.78, 5) is 38.7. The van der Waals surface area contributed by atoms with Crippen LogP contribution >= 0.6 is 0 Å². The number of unbranched alkanes of at least 4 members (excludes halogenated alkanes) is 1. The Morgan fingerprint density at radius 2 is 1.68 bits per heavy atom. The Morgan fingerprint density at radius 1 is 1.00 bits per heavy atom. The predicted molar refractivity (Wildman–Crippen MR) is 113 cm³/mol. The Kier molecular flexibility index (Phi) is 10.9. The van der Waals surface area contributed by atoms with Gasteiger partial charge < -0.3 is 15.5 Å². The zero-order chi connectivity index (χ0) is 20.9. The van der Waals surface area contributed by atoms with Gasteiger partial charge in [-0.1, -0.05) is 51.3 Å². The van der Waals surface area contributed by atoms with E-state index in [1.807, 2.05) is 45.0 Å². The average Bonchev–Trinajstić information content (AvgIpc) is 2.68. The van der Waals surface area contributed by atoms with Crippen LogP contribution in [0.5, 0.6) is 0 Å². The molecule has 0 fully saturated rings. The van der Waals surface area contributed by atoms with E-state index in [9.17, 15) is 14.4 Å². The molecule has 3 amide bonds. The lowest BCUT2D eigenvalue weighted by Crippen LogP contribution is -2.45. The molecule has 1 unspecified atom stereocenters. The normalized spacial score (nSPS) is 11.6. The number of carbonyl (C=O) groups is 3. The maximum atomic E-state index is 12.8. The first-order chi connectivity index (χ1) is 13.4. The highest BCUT2D eigenvalue weighted by atomic mass is 16.2. The van der Waals surface area contributed by atoms with Crippen LogP contribution in [0.2, 0.25) is 0 Å². The number of hydrogen-bond donors (Lipinski definition) is 2. The summed E-state index contributed by atoms with van der Waals surface area (Å²) in [6.07, 6.45) is 4.48. The summed E-state index contributed by atoms with van der Waals surface area (Å²) in [5, 5.41) is 5.36. The van der Waals surface area contributed by atoms with Crippen molar-refractivity contribution in [2.45, 2.75) is 59.8 Å². The Morgan fingerprint density at radius 3 is 2.25 bits per heavy atom. The van der Waals surface area contributed by atoms with Crippen molar-refractivity contribution in [3.63, 3.8) is 0 Å². The largest absolute Gasteiger partial charge is 0.345 e. The second-order valence-electron chi connectivity index (χ2n) is 7.20. The Bertz CT molecular complexity index is 628. The maximum absolute atomic E-state index is 12.8. The van der Waals surface area contributed by atoms with E-state index in [0.717, 1.165) is 37.7 Å². The van der Waals surface area contributed by atoms with Gasteiger partial charge in [-0.2, -0.15) is 0 Å². The number of benzene rings is 1. The molecule has 1 aromatic rings. The number of aryl methyl sites for hydroxylation is 1. The third-order valence-corrected chi connectivity index (χ3v) is 4.67. The van der Waals surface area contributed by atoms with Crippen molar-refractivity contribution < 1.29 is 14.4 Å². The van der Waals surface area contributed by atoms with Crippen LogP contribution in [0.3, 0.4) is 0 Å². The number of amides is 3. The molecule has 0 aliphatic heterocycles. The lowest BCUT2D eigenvalue weighted by Gasteiger charge is -2.26. The molecular formula is C22H35N3O3. The predicted octanol–water partition coefficient (Wildman–Crippen LogP) is 3.50. The number of nitrogens with one attached hydrogen (secondary N) is 2. The summed E-state index contributed by atoms with van der Waals surface area (Å²) in [6.45, 7) is 8.50. The SMILES string of the molecule is CCCCC(CC)C(=O)N(CCC)CC(=O)NCC(=O)Nc1ccc(C)cc1. The fourth-order valence-corrected chi connectivity index (χ4v) is 3.00. The van der Waals surface area contributed by atoms with Gasteiger partial charge in [-0.25, -0.2) is 0 Å². The average molecular weight is 390 g/mol. The molecule has 28 heavy (non-hydrogen) atoms. The molecule has 0 aromatic heterocycles. The van der Waals surface area contributed by atoms with E-state index >= 15 is 0 Å². The lowest BCUT2D eigenvalue weighted by atomic mass is 9.97. The smallest absolute Gasteiger partial charge is 0.243 e. The molecule has 0 saturated heterocycles. The van der Waals surface area contributed by atoms with Crippen molar-refractivity contribution in [3.05, 3.63) is 29.8 Å². The number of rotatable bonds is 12. The molecule has 0 aliphatic rings. The van der Waals surface area contributed by atoms with Crippen LogP contribution in [0.25, 0.3) is 0 Å². The van der Waals surface area contributed by atoms with Gasteiger partial charge in [-0.3, -0.25) is 14.4 Å². The van der Waals surface area contributed by atoms with E-state index in [0.29, 0.717) is 12.2 Å². The minimum absolute atomic E-state index is 0.00684. The standard InChI is InChI=1S/C22H35N3O3/c1-5-8-9-18(7-3)22(28)25(14-6-2)16-21(27)23-15-20(26)24-19-12-10-17(4)11-13-19/h10-13,18H,5-9,14-16H2,1-4H3,(H,23,27)(H,24,26). The van der Waals surface area contributed by atoms with E-state index in [1.165, 1.54) is 0 Å². The summed E-state index contributed by atoms with van der Waals surface area (Å²) in [6, 6.07) is 7.45. The monoisotopic (exact) mass is 389 g/mol. The Balaban J connectivity index is 2.52. The first-order valence-corrected chi connectivity index (χ1v) is 10.3. The molecule has 156 valence electrons. The minimum Gasteiger partial charge on any atom is -0.345 e. The Hall–Kier alpha value is -2.37. The fraction of sp³-hybridized carbons (Fsp3) is 0.591. The molecule has 1 aromatic carbocycles.